The number of carbonyl (C=O) groups is 1. The maximum atomic E-state index is 13.0. The van der Waals surface area contributed by atoms with Crippen molar-refractivity contribution in [1.82, 2.24) is 9.62 Å². The number of para-hydroxylation sites is 1. The normalized spacial score (nSPS) is 21.0. The zero-order valence-corrected chi connectivity index (χ0v) is 16.4. The van der Waals surface area contributed by atoms with E-state index in [1.807, 2.05) is 6.07 Å². The lowest BCUT2D eigenvalue weighted by Crippen LogP contribution is -2.55. The van der Waals surface area contributed by atoms with E-state index < -0.39 is 16.0 Å². The van der Waals surface area contributed by atoms with E-state index in [2.05, 4.69) is 5.32 Å². The molecule has 7 nitrogen and oxygen atoms in total. The second kappa shape index (κ2) is 7.20. The van der Waals surface area contributed by atoms with Crippen LogP contribution in [0.25, 0.3) is 0 Å². The van der Waals surface area contributed by atoms with Gasteiger partial charge in [-0.2, -0.15) is 0 Å². The average molecular weight is 402 g/mol. The Balaban J connectivity index is 1.53. The molecule has 0 radical (unpaired) electrons. The van der Waals surface area contributed by atoms with E-state index >= 15 is 0 Å². The molecule has 2 aromatic rings. The zero-order chi connectivity index (χ0) is 19.8. The van der Waals surface area contributed by atoms with Gasteiger partial charge in [-0.05, 0) is 24.3 Å². The van der Waals surface area contributed by atoms with Gasteiger partial charge in [-0.25, -0.2) is 0 Å². The molecule has 1 atom stereocenters. The van der Waals surface area contributed by atoms with Gasteiger partial charge in [0.1, 0.15) is 17.1 Å². The number of carbonyl (C=O) groups excluding carboxylic acids is 1. The van der Waals surface area contributed by atoms with Crippen LogP contribution in [-0.4, -0.2) is 47.1 Å². The quantitative estimate of drug-likeness (QED) is 0.796. The molecular weight excluding hydrogens is 380 g/mol. The Morgan fingerprint density at radius 2 is 1.93 bits per heavy atom. The van der Waals surface area contributed by atoms with Gasteiger partial charge >= 0.3 is 0 Å². The lowest BCUT2D eigenvalue weighted by atomic mass is 9.92. The van der Waals surface area contributed by atoms with Crippen LogP contribution in [0.15, 0.2) is 53.4 Å². The van der Waals surface area contributed by atoms with E-state index in [-0.39, 0.29) is 10.8 Å². The molecule has 2 aromatic carbocycles. The highest BCUT2D eigenvalue weighted by atomic mass is 32.3. The Bertz CT molecular complexity index is 940. The number of amides is 1. The van der Waals surface area contributed by atoms with Crippen LogP contribution in [0.1, 0.15) is 23.2 Å². The fraction of sp³-hybridized carbons (Fsp3) is 0.350. The van der Waals surface area contributed by atoms with Gasteiger partial charge in [0.2, 0.25) is 0 Å². The number of nitrogens with one attached hydrogen (secondary N) is 1. The van der Waals surface area contributed by atoms with Gasteiger partial charge in [0.25, 0.3) is 5.91 Å². The van der Waals surface area contributed by atoms with E-state index in [1.165, 1.54) is 17.5 Å². The molecule has 1 unspecified atom stereocenters. The van der Waals surface area contributed by atoms with Crippen LogP contribution in [0.5, 0.6) is 11.5 Å². The first-order chi connectivity index (χ1) is 13.4. The monoisotopic (exact) mass is 402 g/mol. The lowest BCUT2D eigenvalue weighted by molar-refractivity contribution is 0.0232. The summed E-state index contributed by atoms with van der Waals surface area (Å²) < 4.78 is 38.9. The Hall–Kier alpha value is -2.42. The van der Waals surface area contributed by atoms with Crippen molar-refractivity contribution in [1.29, 1.82) is 0 Å². The molecule has 1 saturated heterocycles. The minimum absolute atomic E-state index is 0.168. The molecule has 0 bridgehead atoms. The summed E-state index contributed by atoms with van der Waals surface area (Å²) in [7, 11) is -2.11. The summed E-state index contributed by atoms with van der Waals surface area (Å²) >= 11 is 0. The van der Waals surface area contributed by atoms with E-state index in [0.717, 1.165) is 0 Å². The third-order valence-electron chi connectivity index (χ3n) is 5.34. The van der Waals surface area contributed by atoms with Crippen LogP contribution in [0.2, 0.25) is 0 Å². The van der Waals surface area contributed by atoms with Crippen LogP contribution in [0.4, 0.5) is 0 Å². The predicted octanol–water partition coefficient (Wildman–Crippen LogP) is 2.26. The number of nitrogens with zero attached hydrogens (tertiary/aromatic N) is 1. The van der Waals surface area contributed by atoms with Crippen molar-refractivity contribution in [2.75, 3.05) is 26.7 Å². The molecule has 0 aliphatic carbocycles. The number of fused-ring (bicyclic) bond motifs is 1. The molecule has 2 aliphatic rings. The van der Waals surface area contributed by atoms with Crippen molar-refractivity contribution in [2.45, 2.75) is 23.3 Å². The first-order valence-corrected chi connectivity index (χ1v) is 10.6. The van der Waals surface area contributed by atoms with Crippen LogP contribution >= 0.6 is 0 Å². The maximum Gasteiger partial charge on any atom is 0.255 e. The summed E-state index contributed by atoms with van der Waals surface area (Å²) in [6, 6.07) is 13.6. The lowest BCUT2D eigenvalue weighted by Gasteiger charge is -2.41. The molecule has 2 heterocycles. The van der Waals surface area contributed by atoms with Crippen LogP contribution in [0.3, 0.4) is 0 Å². The van der Waals surface area contributed by atoms with Gasteiger partial charge in [0.05, 0.1) is 19.2 Å². The van der Waals surface area contributed by atoms with E-state index in [0.29, 0.717) is 49.5 Å². The molecule has 4 rings (SSSR count). The van der Waals surface area contributed by atoms with Crippen molar-refractivity contribution in [3.05, 3.63) is 54.1 Å². The summed E-state index contributed by atoms with van der Waals surface area (Å²) in [6.45, 7) is 0.989. The van der Waals surface area contributed by atoms with Crippen molar-refractivity contribution >= 4 is 16.3 Å². The van der Waals surface area contributed by atoms with Crippen molar-refractivity contribution in [3.8, 4) is 11.5 Å². The molecule has 148 valence electrons. The molecule has 0 aromatic heterocycles. The molecule has 1 spiro atoms. The first-order valence-electron chi connectivity index (χ1n) is 9.14. The molecule has 28 heavy (non-hydrogen) atoms. The zero-order valence-electron chi connectivity index (χ0n) is 15.6. The average Bonchev–Trinajstić information content (AvgIpc) is 2.85. The number of hydrogen-bond acceptors (Lipinski definition) is 5. The van der Waals surface area contributed by atoms with Crippen molar-refractivity contribution in [2.24, 2.45) is 0 Å². The number of hydrogen-bond donors (Lipinski definition) is 1. The van der Waals surface area contributed by atoms with Gasteiger partial charge in [0, 0.05) is 32.0 Å². The minimum atomic E-state index is -3.62. The Labute approximate surface area is 165 Å². The number of sulfonamides is 1. The van der Waals surface area contributed by atoms with E-state index in [1.54, 1.807) is 36.4 Å². The van der Waals surface area contributed by atoms with Crippen molar-refractivity contribution in [3.63, 3.8) is 0 Å². The molecule has 2 aliphatic heterocycles. The second-order valence-corrected chi connectivity index (χ2v) is 8.98. The Morgan fingerprint density at radius 3 is 2.68 bits per heavy atom. The highest BCUT2D eigenvalue weighted by Gasteiger charge is 2.44. The summed E-state index contributed by atoms with van der Waals surface area (Å²) in [5.41, 5.74) is -0.103. The van der Waals surface area contributed by atoms with Gasteiger partial charge < -0.3 is 19.3 Å². The molecule has 1 fully saturated rings. The number of rotatable bonds is 3. The Kier molecular flexibility index (Phi) is 4.86. The number of ether oxygens (including phenoxy) is 2. The third-order valence-corrected chi connectivity index (χ3v) is 7.24. The summed E-state index contributed by atoms with van der Waals surface area (Å²) in [5, 5.41) is 2.91. The van der Waals surface area contributed by atoms with Crippen LogP contribution < -0.4 is 14.8 Å². The summed E-state index contributed by atoms with van der Waals surface area (Å²) in [4.78, 5) is 12.5. The highest BCUT2D eigenvalue weighted by Crippen LogP contribution is 2.35. The third kappa shape index (κ3) is 3.39. The molecule has 1 N–H and O–H groups in total. The largest absolute Gasteiger partial charge is 0.593 e. The predicted molar refractivity (Wildman–Crippen MR) is 103 cm³/mol. The van der Waals surface area contributed by atoms with Gasteiger partial charge in [-0.1, -0.05) is 22.4 Å². The molecule has 0 saturated carbocycles. The van der Waals surface area contributed by atoms with Gasteiger partial charge in [0.15, 0.2) is 15.3 Å². The number of piperidine rings is 1. The van der Waals surface area contributed by atoms with Gasteiger partial charge in [-0.15, -0.1) is 4.31 Å². The van der Waals surface area contributed by atoms with Crippen molar-refractivity contribution < 1.29 is 23.0 Å². The second-order valence-electron chi connectivity index (χ2n) is 7.05. The minimum Gasteiger partial charge on any atom is -0.593 e. The number of benzene rings is 2. The maximum absolute atomic E-state index is 13.0. The fourth-order valence-electron chi connectivity index (χ4n) is 3.67. The molecular formula is C20H22N2O5S. The first kappa shape index (κ1) is 18.9. The Morgan fingerprint density at radius 1 is 1.18 bits per heavy atom. The summed E-state index contributed by atoms with van der Waals surface area (Å²) in [5.74, 6) is 0.876. The number of methoxy groups -OCH3 is 1. The summed E-state index contributed by atoms with van der Waals surface area (Å²) in [6.07, 6.45) is 0.982. The SMILES string of the molecule is COc1cccc([S+](=O)([O-])N2CCC3(CC2)CNC(=O)c2ccccc2O3)c1. The van der Waals surface area contributed by atoms with Crippen LogP contribution in [0, 0.1) is 0 Å². The van der Waals surface area contributed by atoms with Gasteiger partial charge in [-0.3, -0.25) is 4.79 Å². The van der Waals surface area contributed by atoms with Crippen LogP contribution in [-0.2, 0) is 14.6 Å². The fourth-order valence-corrected chi connectivity index (χ4v) is 5.15. The topological polar surface area (TPSA) is 90.9 Å². The highest BCUT2D eigenvalue weighted by molar-refractivity contribution is 7.95. The molecule has 8 heteroatoms. The molecule has 1 amide bonds. The smallest absolute Gasteiger partial charge is 0.255 e. The van der Waals surface area contributed by atoms with E-state index in [4.69, 9.17) is 9.47 Å². The standard InChI is InChI=1S/C20H22N2O5S/c1-26-15-5-4-6-16(13-15)28(24,25)22-11-9-20(10-12-22)14-21-19(23)17-7-2-3-8-18(17)27-20/h2-8,13H,9-12,14H2,1H3,(H-,21,23,24,25). The van der Waals surface area contributed by atoms with E-state index in [9.17, 15) is 13.6 Å².